The molecule has 2 heterocycles. The van der Waals surface area contributed by atoms with E-state index in [4.69, 9.17) is 4.74 Å². The van der Waals surface area contributed by atoms with Gasteiger partial charge in [0, 0.05) is 42.9 Å². The van der Waals surface area contributed by atoms with Gasteiger partial charge in [-0.25, -0.2) is 4.31 Å². The SMILES string of the molecule is C=N/N=c1/ccc(SN(CC)CC)cn1C1CCOc2ccccc21.CN. The fourth-order valence-electron chi connectivity index (χ4n) is 3.06. The minimum absolute atomic E-state index is 0.183. The Morgan fingerprint density at radius 2 is 1.96 bits per heavy atom. The average Bonchev–Trinajstić information content (AvgIpc) is 2.74. The van der Waals surface area contributed by atoms with Crippen molar-refractivity contribution in [3.8, 4) is 5.75 Å². The van der Waals surface area contributed by atoms with E-state index < -0.39 is 0 Å². The Hall–Kier alpha value is -2.09. The highest BCUT2D eigenvalue weighted by atomic mass is 32.2. The maximum absolute atomic E-state index is 5.81. The molecule has 1 unspecified atom stereocenters. The number of hydrogen-bond donors (Lipinski definition) is 1. The molecule has 1 aliphatic heterocycles. The molecule has 0 saturated heterocycles. The van der Waals surface area contributed by atoms with Crippen LogP contribution >= 0.6 is 11.9 Å². The van der Waals surface area contributed by atoms with Crippen molar-refractivity contribution in [2.24, 2.45) is 15.9 Å². The molecule has 0 spiro atoms. The summed E-state index contributed by atoms with van der Waals surface area (Å²) in [5.74, 6) is 0.950. The van der Waals surface area contributed by atoms with E-state index in [1.54, 1.807) is 11.9 Å². The third-order valence-electron chi connectivity index (χ3n) is 4.30. The van der Waals surface area contributed by atoms with Crippen molar-refractivity contribution in [2.75, 3.05) is 26.7 Å². The molecule has 1 atom stereocenters. The van der Waals surface area contributed by atoms with Crippen LogP contribution in [0.15, 0.2) is 57.7 Å². The third kappa shape index (κ3) is 5.22. The molecule has 0 fully saturated rings. The predicted molar refractivity (Wildman–Crippen MR) is 113 cm³/mol. The van der Waals surface area contributed by atoms with E-state index >= 15 is 0 Å². The Balaban J connectivity index is 0.00000126. The highest BCUT2D eigenvalue weighted by Crippen LogP contribution is 2.34. The minimum atomic E-state index is 0.183. The van der Waals surface area contributed by atoms with Crippen molar-refractivity contribution in [1.29, 1.82) is 0 Å². The summed E-state index contributed by atoms with van der Waals surface area (Å²) >= 11 is 1.77. The molecule has 2 N–H and O–H groups in total. The molecule has 7 heteroatoms. The first-order chi connectivity index (χ1) is 13.3. The minimum Gasteiger partial charge on any atom is -0.493 e. The van der Waals surface area contributed by atoms with Gasteiger partial charge in [0.15, 0.2) is 5.49 Å². The number of rotatable bonds is 6. The number of fused-ring (bicyclic) bond motifs is 1. The molecular formula is C20H29N5OS. The van der Waals surface area contributed by atoms with Gasteiger partial charge >= 0.3 is 0 Å². The van der Waals surface area contributed by atoms with Gasteiger partial charge in [0.1, 0.15) is 5.75 Å². The molecule has 6 nitrogen and oxygen atoms in total. The Morgan fingerprint density at radius 1 is 1.22 bits per heavy atom. The van der Waals surface area contributed by atoms with Crippen molar-refractivity contribution >= 4 is 18.7 Å². The largest absolute Gasteiger partial charge is 0.493 e. The van der Waals surface area contributed by atoms with Crippen molar-refractivity contribution in [1.82, 2.24) is 8.87 Å². The molecule has 0 saturated carbocycles. The number of aromatic nitrogens is 1. The van der Waals surface area contributed by atoms with E-state index in [2.05, 4.69) is 69.8 Å². The van der Waals surface area contributed by atoms with E-state index in [9.17, 15) is 0 Å². The molecule has 2 aromatic rings. The highest BCUT2D eigenvalue weighted by Gasteiger charge is 2.23. The topological polar surface area (TPSA) is 68.1 Å². The third-order valence-corrected chi connectivity index (χ3v) is 5.53. The zero-order chi connectivity index (χ0) is 19.6. The zero-order valence-electron chi connectivity index (χ0n) is 16.3. The molecule has 0 amide bonds. The van der Waals surface area contributed by atoms with Gasteiger partial charge in [-0.15, -0.1) is 5.10 Å². The molecule has 0 aliphatic carbocycles. The standard InChI is InChI=1S/C19H24N4OS.CH5N/c1-4-22(5-2)25-15-10-11-19(21-20-3)23(14-15)17-12-13-24-18-9-7-6-8-16(17)18;1-2/h6-11,14,17H,3-5,12-13H2,1-2H3;2H2,1H3/b21-19-;. The van der Waals surface area contributed by atoms with E-state index in [0.29, 0.717) is 6.61 Å². The number of benzene rings is 1. The first-order valence-electron chi connectivity index (χ1n) is 9.21. The van der Waals surface area contributed by atoms with E-state index in [1.165, 1.54) is 17.5 Å². The summed E-state index contributed by atoms with van der Waals surface area (Å²) in [6.07, 6.45) is 3.07. The lowest BCUT2D eigenvalue weighted by Gasteiger charge is -2.28. The summed E-state index contributed by atoms with van der Waals surface area (Å²) in [6.45, 7) is 10.6. The van der Waals surface area contributed by atoms with Crippen LogP contribution < -0.4 is 16.0 Å². The fourth-order valence-corrected chi connectivity index (χ4v) is 3.91. The van der Waals surface area contributed by atoms with Crippen LogP contribution in [0.3, 0.4) is 0 Å². The van der Waals surface area contributed by atoms with Crippen LogP contribution in [0.1, 0.15) is 31.9 Å². The summed E-state index contributed by atoms with van der Waals surface area (Å²) in [5.41, 5.74) is 6.49. The summed E-state index contributed by atoms with van der Waals surface area (Å²) < 4.78 is 10.3. The second-order valence-electron chi connectivity index (χ2n) is 5.77. The quantitative estimate of drug-likeness (QED) is 0.469. The number of pyridine rings is 1. The first-order valence-corrected chi connectivity index (χ1v) is 9.98. The number of nitrogens with two attached hydrogens (primary N) is 1. The smallest absolute Gasteiger partial charge is 0.155 e. The molecule has 1 aliphatic rings. The van der Waals surface area contributed by atoms with Crippen molar-refractivity contribution in [3.63, 3.8) is 0 Å². The van der Waals surface area contributed by atoms with Gasteiger partial charge in [-0.05, 0) is 37.2 Å². The fraction of sp³-hybridized carbons (Fsp3) is 0.400. The van der Waals surface area contributed by atoms with Crippen LogP contribution in [0, 0.1) is 0 Å². The Labute approximate surface area is 165 Å². The molecule has 3 rings (SSSR count). The summed E-state index contributed by atoms with van der Waals surface area (Å²) in [7, 11) is 1.50. The van der Waals surface area contributed by atoms with Gasteiger partial charge in [0.05, 0.1) is 12.6 Å². The normalized spacial score (nSPS) is 16.2. The van der Waals surface area contributed by atoms with Crippen molar-refractivity contribution in [2.45, 2.75) is 31.2 Å². The Kier molecular flexibility index (Phi) is 8.57. The lowest BCUT2D eigenvalue weighted by atomic mass is 10.0. The summed E-state index contributed by atoms with van der Waals surface area (Å²) in [4.78, 5) is 1.19. The van der Waals surface area contributed by atoms with E-state index in [1.807, 2.05) is 18.2 Å². The van der Waals surface area contributed by atoms with E-state index in [-0.39, 0.29) is 6.04 Å². The number of para-hydroxylation sites is 1. The van der Waals surface area contributed by atoms with Gasteiger partial charge in [0.25, 0.3) is 0 Å². The Morgan fingerprint density at radius 3 is 2.67 bits per heavy atom. The average molecular weight is 388 g/mol. The van der Waals surface area contributed by atoms with Gasteiger partial charge in [-0.1, -0.05) is 32.0 Å². The molecule has 1 aromatic heterocycles. The maximum Gasteiger partial charge on any atom is 0.155 e. The predicted octanol–water partition coefficient (Wildman–Crippen LogP) is 3.30. The number of nitrogens with zero attached hydrogens (tertiary/aromatic N) is 4. The van der Waals surface area contributed by atoms with Gasteiger partial charge in [-0.3, -0.25) is 0 Å². The van der Waals surface area contributed by atoms with Crippen LogP contribution in [0.25, 0.3) is 0 Å². The number of ether oxygens (including phenoxy) is 1. The van der Waals surface area contributed by atoms with Crippen molar-refractivity contribution in [3.05, 3.63) is 53.6 Å². The van der Waals surface area contributed by atoms with Crippen LogP contribution in [-0.2, 0) is 0 Å². The molecule has 0 bridgehead atoms. The Bertz CT molecular complexity index is 801. The molecule has 0 radical (unpaired) electrons. The van der Waals surface area contributed by atoms with Crippen LogP contribution in [-0.4, -0.2) is 42.3 Å². The van der Waals surface area contributed by atoms with Crippen molar-refractivity contribution < 1.29 is 4.74 Å². The maximum atomic E-state index is 5.81. The zero-order valence-corrected chi connectivity index (χ0v) is 17.2. The molecule has 146 valence electrons. The second kappa shape index (κ2) is 10.9. The lowest BCUT2D eigenvalue weighted by molar-refractivity contribution is 0.253. The highest BCUT2D eigenvalue weighted by molar-refractivity contribution is 7.97. The monoisotopic (exact) mass is 387 g/mol. The number of hydrogen-bond acceptors (Lipinski definition) is 6. The van der Waals surface area contributed by atoms with E-state index in [0.717, 1.165) is 30.7 Å². The lowest BCUT2D eigenvalue weighted by Crippen LogP contribution is -2.29. The molecular weight excluding hydrogens is 358 g/mol. The summed E-state index contributed by atoms with van der Waals surface area (Å²) in [5, 5.41) is 7.97. The molecule has 1 aromatic carbocycles. The van der Waals surface area contributed by atoms with Crippen LogP contribution in [0.4, 0.5) is 0 Å². The molecule has 27 heavy (non-hydrogen) atoms. The summed E-state index contributed by atoms with van der Waals surface area (Å²) in [6, 6.07) is 12.5. The van der Waals surface area contributed by atoms with Gasteiger partial charge in [0.2, 0.25) is 0 Å². The van der Waals surface area contributed by atoms with Gasteiger partial charge in [-0.2, -0.15) is 5.10 Å². The second-order valence-corrected chi connectivity index (χ2v) is 6.94. The first kappa shape index (κ1) is 21.2. The van der Waals surface area contributed by atoms with Crippen LogP contribution in [0.2, 0.25) is 0 Å². The van der Waals surface area contributed by atoms with Crippen LogP contribution in [0.5, 0.6) is 5.75 Å². The van der Waals surface area contributed by atoms with Gasteiger partial charge < -0.3 is 15.0 Å².